The molecule has 2 aromatic rings. The largest absolute Gasteiger partial charge is 0.457 e. The fourth-order valence-electron chi connectivity index (χ4n) is 1.84. The molecule has 20 heavy (non-hydrogen) atoms. The lowest BCUT2D eigenvalue weighted by atomic mass is 10.1. The van der Waals surface area contributed by atoms with Crippen molar-refractivity contribution in [1.29, 1.82) is 0 Å². The molecule has 0 aliphatic heterocycles. The van der Waals surface area contributed by atoms with Crippen LogP contribution in [0.5, 0.6) is 11.5 Å². The van der Waals surface area contributed by atoms with Crippen LogP contribution in [0.4, 0.5) is 8.78 Å². The first kappa shape index (κ1) is 14.8. The number of benzene rings is 2. The zero-order valence-corrected chi connectivity index (χ0v) is 11.8. The van der Waals surface area contributed by atoms with E-state index in [9.17, 15) is 8.78 Å². The van der Waals surface area contributed by atoms with Crippen molar-refractivity contribution in [2.24, 2.45) is 0 Å². The highest BCUT2D eigenvalue weighted by molar-refractivity contribution is 6.30. The molecule has 0 fully saturated rings. The molecule has 0 bridgehead atoms. The van der Waals surface area contributed by atoms with Crippen LogP contribution in [0.1, 0.15) is 18.5 Å². The van der Waals surface area contributed by atoms with Gasteiger partial charge in [-0.1, -0.05) is 17.7 Å². The molecule has 0 spiro atoms. The van der Waals surface area contributed by atoms with Crippen LogP contribution in [0.25, 0.3) is 0 Å². The molecule has 0 heterocycles. The summed E-state index contributed by atoms with van der Waals surface area (Å²) < 4.78 is 32.7. The Morgan fingerprint density at radius 3 is 2.55 bits per heavy atom. The molecule has 1 N–H and O–H groups in total. The molecule has 0 saturated heterocycles. The summed E-state index contributed by atoms with van der Waals surface area (Å²) in [5.41, 5.74) is 0.412. The molecule has 1 unspecified atom stereocenters. The first-order valence-corrected chi connectivity index (χ1v) is 6.49. The van der Waals surface area contributed by atoms with Crippen LogP contribution in [0.2, 0.25) is 5.02 Å². The molecule has 2 rings (SSSR count). The van der Waals surface area contributed by atoms with E-state index in [-0.39, 0.29) is 16.9 Å². The molecule has 0 aliphatic rings. The number of hydrogen-bond acceptors (Lipinski definition) is 2. The van der Waals surface area contributed by atoms with Crippen molar-refractivity contribution in [3.63, 3.8) is 0 Å². The van der Waals surface area contributed by atoms with Gasteiger partial charge in [-0.3, -0.25) is 0 Å². The van der Waals surface area contributed by atoms with Gasteiger partial charge in [0.05, 0.1) is 5.02 Å². The molecule has 0 aromatic heterocycles. The smallest absolute Gasteiger partial charge is 0.142 e. The molecule has 0 aliphatic carbocycles. The molecule has 5 heteroatoms. The SMILES string of the molecule is CNC(C)c1c(F)cccc1Oc1ccc(F)c(Cl)c1. The van der Waals surface area contributed by atoms with Crippen LogP contribution >= 0.6 is 11.6 Å². The van der Waals surface area contributed by atoms with Crippen LogP contribution in [0.15, 0.2) is 36.4 Å². The van der Waals surface area contributed by atoms with Crippen molar-refractivity contribution in [2.75, 3.05) is 7.05 Å². The van der Waals surface area contributed by atoms with E-state index in [0.29, 0.717) is 17.1 Å². The Morgan fingerprint density at radius 2 is 1.90 bits per heavy atom. The Hall–Kier alpha value is -1.65. The number of halogens is 3. The van der Waals surface area contributed by atoms with Gasteiger partial charge in [-0.25, -0.2) is 8.78 Å². The van der Waals surface area contributed by atoms with Gasteiger partial charge < -0.3 is 10.1 Å². The predicted molar refractivity (Wildman–Crippen MR) is 75.4 cm³/mol. The lowest BCUT2D eigenvalue weighted by molar-refractivity contribution is 0.451. The summed E-state index contributed by atoms with van der Waals surface area (Å²) in [6, 6.07) is 8.37. The average molecular weight is 298 g/mol. The monoisotopic (exact) mass is 297 g/mol. The quantitative estimate of drug-likeness (QED) is 0.884. The van der Waals surface area contributed by atoms with Gasteiger partial charge in [0.15, 0.2) is 0 Å². The normalized spacial score (nSPS) is 12.2. The lowest BCUT2D eigenvalue weighted by Crippen LogP contribution is -2.14. The number of ether oxygens (including phenoxy) is 1. The van der Waals surface area contributed by atoms with E-state index >= 15 is 0 Å². The van der Waals surface area contributed by atoms with Crippen LogP contribution < -0.4 is 10.1 Å². The summed E-state index contributed by atoms with van der Waals surface area (Å²) in [5.74, 6) is -0.166. The summed E-state index contributed by atoms with van der Waals surface area (Å²) >= 11 is 5.70. The van der Waals surface area contributed by atoms with Crippen molar-refractivity contribution < 1.29 is 13.5 Å². The average Bonchev–Trinajstić information content (AvgIpc) is 2.42. The molecule has 2 aromatic carbocycles. The molecule has 0 radical (unpaired) electrons. The topological polar surface area (TPSA) is 21.3 Å². The molecule has 106 valence electrons. The summed E-state index contributed by atoms with van der Waals surface area (Å²) in [5, 5.41) is 2.92. The fourth-order valence-corrected chi connectivity index (χ4v) is 2.01. The number of hydrogen-bond donors (Lipinski definition) is 1. The van der Waals surface area contributed by atoms with Crippen LogP contribution in [-0.4, -0.2) is 7.05 Å². The van der Waals surface area contributed by atoms with Crippen molar-refractivity contribution in [2.45, 2.75) is 13.0 Å². The summed E-state index contributed by atoms with van der Waals surface area (Å²) in [4.78, 5) is 0. The van der Waals surface area contributed by atoms with Gasteiger partial charge in [0.25, 0.3) is 0 Å². The number of rotatable bonds is 4. The Morgan fingerprint density at radius 1 is 1.15 bits per heavy atom. The van der Waals surface area contributed by atoms with E-state index in [0.717, 1.165) is 0 Å². The fraction of sp³-hybridized carbons (Fsp3) is 0.200. The molecular formula is C15H14ClF2NO. The van der Waals surface area contributed by atoms with Crippen molar-refractivity contribution >= 4 is 11.6 Å². The highest BCUT2D eigenvalue weighted by Gasteiger charge is 2.16. The van der Waals surface area contributed by atoms with E-state index in [1.807, 2.05) is 6.92 Å². The minimum absolute atomic E-state index is 0.0397. The summed E-state index contributed by atoms with van der Waals surface area (Å²) in [6.45, 7) is 1.82. The van der Waals surface area contributed by atoms with Gasteiger partial charge >= 0.3 is 0 Å². The van der Waals surface area contributed by atoms with E-state index in [1.54, 1.807) is 19.2 Å². The Kier molecular flexibility index (Phi) is 4.57. The molecule has 0 saturated carbocycles. The molecule has 0 amide bonds. The highest BCUT2D eigenvalue weighted by atomic mass is 35.5. The third kappa shape index (κ3) is 3.08. The van der Waals surface area contributed by atoms with Crippen molar-refractivity contribution in [3.05, 3.63) is 58.6 Å². The third-order valence-corrected chi connectivity index (χ3v) is 3.29. The molecular weight excluding hydrogens is 284 g/mol. The van der Waals surface area contributed by atoms with Crippen LogP contribution in [0.3, 0.4) is 0 Å². The van der Waals surface area contributed by atoms with E-state index in [1.165, 1.54) is 24.3 Å². The van der Waals surface area contributed by atoms with Crippen LogP contribution in [0, 0.1) is 11.6 Å². The second-order valence-electron chi connectivity index (χ2n) is 4.34. The maximum atomic E-state index is 13.9. The van der Waals surface area contributed by atoms with Gasteiger partial charge in [-0.15, -0.1) is 0 Å². The second kappa shape index (κ2) is 6.20. The lowest BCUT2D eigenvalue weighted by Gasteiger charge is -2.17. The van der Waals surface area contributed by atoms with E-state index in [2.05, 4.69) is 5.32 Å². The number of nitrogens with one attached hydrogen (secondary N) is 1. The van der Waals surface area contributed by atoms with Gasteiger partial charge in [0.2, 0.25) is 0 Å². The minimum atomic E-state index is -0.526. The zero-order valence-electron chi connectivity index (χ0n) is 11.1. The first-order chi connectivity index (χ1) is 9.52. The van der Waals surface area contributed by atoms with E-state index in [4.69, 9.17) is 16.3 Å². The minimum Gasteiger partial charge on any atom is -0.457 e. The third-order valence-electron chi connectivity index (χ3n) is 3.00. The summed E-state index contributed by atoms with van der Waals surface area (Å²) in [6.07, 6.45) is 0. The standard InChI is InChI=1S/C15H14ClF2NO/c1-9(19-2)15-13(18)4-3-5-14(15)20-10-6-7-12(17)11(16)8-10/h3-9,19H,1-2H3. The highest BCUT2D eigenvalue weighted by Crippen LogP contribution is 2.32. The Labute approximate surface area is 121 Å². The summed E-state index contributed by atoms with van der Waals surface area (Å²) in [7, 11) is 1.73. The van der Waals surface area contributed by atoms with Crippen molar-refractivity contribution in [1.82, 2.24) is 5.32 Å². The Bertz CT molecular complexity index is 619. The van der Waals surface area contributed by atoms with Gasteiger partial charge in [-0.05, 0) is 38.2 Å². The Balaban J connectivity index is 2.38. The maximum Gasteiger partial charge on any atom is 0.142 e. The van der Waals surface area contributed by atoms with E-state index < -0.39 is 5.82 Å². The van der Waals surface area contributed by atoms with Gasteiger partial charge in [-0.2, -0.15) is 0 Å². The first-order valence-electron chi connectivity index (χ1n) is 6.11. The van der Waals surface area contributed by atoms with Crippen LogP contribution in [-0.2, 0) is 0 Å². The van der Waals surface area contributed by atoms with Gasteiger partial charge in [0.1, 0.15) is 23.1 Å². The van der Waals surface area contributed by atoms with Gasteiger partial charge in [0, 0.05) is 17.7 Å². The molecule has 1 atom stereocenters. The molecule has 2 nitrogen and oxygen atoms in total. The zero-order chi connectivity index (χ0) is 14.7. The van der Waals surface area contributed by atoms with Crippen molar-refractivity contribution in [3.8, 4) is 11.5 Å². The second-order valence-corrected chi connectivity index (χ2v) is 4.75. The predicted octanol–water partition coefficient (Wildman–Crippen LogP) is 4.69. The maximum absolute atomic E-state index is 13.9.